The summed E-state index contributed by atoms with van der Waals surface area (Å²) in [7, 11) is 1.64. The van der Waals surface area contributed by atoms with Gasteiger partial charge in [0.15, 0.2) is 0 Å². The Balaban J connectivity index is 1.56. The second-order valence-electron chi connectivity index (χ2n) is 7.37. The molecular weight excluding hydrogens is 384 g/mol. The van der Waals surface area contributed by atoms with E-state index >= 15 is 0 Å². The number of ether oxygens (including phenoxy) is 1. The lowest BCUT2D eigenvalue weighted by Crippen LogP contribution is -2.25. The largest absolute Gasteiger partial charge is 0.497 e. The maximum Gasteiger partial charge on any atom is 0.261 e. The molecule has 1 amide bonds. The molecule has 0 bridgehead atoms. The van der Waals surface area contributed by atoms with Gasteiger partial charge < -0.3 is 15.0 Å². The van der Waals surface area contributed by atoms with Gasteiger partial charge in [0, 0.05) is 19.6 Å². The van der Waals surface area contributed by atoms with Gasteiger partial charge in [0.05, 0.1) is 17.4 Å². The Bertz CT molecular complexity index is 992. The van der Waals surface area contributed by atoms with Crippen molar-refractivity contribution in [2.24, 2.45) is 0 Å². The van der Waals surface area contributed by atoms with E-state index in [0.29, 0.717) is 11.4 Å². The van der Waals surface area contributed by atoms with E-state index in [1.54, 1.807) is 13.4 Å². The third-order valence-electron chi connectivity index (χ3n) is 5.43. The zero-order valence-corrected chi connectivity index (χ0v) is 17.7. The van der Waals surface area contributed by atoms with Gasteiger partial charge in [-0.3, -0.25) is 4.79 Å². The number of benzene rings is 1. The molecule has 29 heavy (non-hydrogen) atoms. The molecule has 0 aliphatic carbocycles. The summed E-state index contributed by atoms with van der Waals surface area (Å²) in [5, 5.41) is 4.05. The second kappa shape index (κ2) is 8.78. The van der Waals surface area contributed by atoms with Gasteiger partial charge in [0.2, 0.25) is 0 Å². The number of hydrogen-bond acceptors (Lipinski definition) is 6. The molecular formula is C22H26N4O2S. The first-order valence-corrected chi connectivity index (χ1v) is 10.9. The summed E-state index contributed by atoms with van der Waals surface area (Å²) in [5.41, 5.74) is 2.00. The van der Waals surface area contributed by atoms with E-state index in [0.717, 1.165) is 46.0 Å². The lowest BCUT2D eigenvalue weighted by atomic mass is 10.1. The van der Waals surface area contributed by atoms with Crippen LogP contribution < -0.4 is 15.0 Å². The first kappa shape index (κ1) is 19.6. The number of aromatic nitrogens is 2. The summed E-state index contributed by atoms with van der Waals surface area (Å²) in [6.07, 6.45) is 6.53. The molecule has 3 heterocycles. The highest BCUT2D eigenvalue weighted by Gasteiger charge is 2.22. The van der Waals surface area contributed by atoms with Gasteiger partial charge in [0.1, 0.15) is 22.7 Å². The fourth-order valence-corrected chi connectivity index (χ4v) is 4.86. The third kappa shape index (κ3) is 4.19. The standard InChI is InChI=1S/C22H26N4O2S/c1-15-18-20(26-11-5-3-4-6-12-26)24-14-25-22(18)29-19(15)21(27)23-13-16-7-9-17(28-2)10-8-16/h7-10,14H,3-6,11-13H2,1-2H3,(H,23,27). The summed E-state index contributed by atoms with van der Waals surface area (Å²) < 4.78 is 5.18. The fourth-order valence-electron chi connectivity index (χ4n) is 3.80. The van der Waals surface area contributed by atoms with E-state index in [-0.39, 0.29) is 5.91 Å². The topological polar surface area (TPSA) is 67.3 Å². The van der Waals surface area contributed by atoms with Crippen LogP contribution >= 0.6 is 11.3 Å². The average Bonchev–Trinajstić information content (AvgIpc) is 2.93. The SMILES string of the molecule is COc1ccc(CNC(=O)c2sc3ncnc(N4CCCCCC4)c3c2C)cc1. The summed E-state index contributed by atoms with van der Waals surface area (Å²) in [6, 6.07) is 7.71. The highest BCUT2D eigenvalue weighted by atomic mass is 32.1. The van der Waals surface area contributed by atoms with Gasteiger partial charge in [0.25, 0.3) is 5.91 Å². The van der Waals surface area contributed by atoms with Crippen molar-refractivity contribution in [3.05, 3.63) is 46.6 Å². The number of aryl methyl sites for hydroxylation is 1. The molecule has 1 aliphatic rings. The van der Waals surface area contributed by atoms with Crippen molar-refractivity contribution in [1.29, 1.82) is 0 Å². The molecule has 0 saturated carbocycles. The van der Waals surface area contributed by atoms with Crippen LogP contribution in [0.5, 0.6) is 5.75 Å². The van der Waals surface area contributed by atoms with Crippen molar-refractivity contribution in [1.82, 2.24) is 15.3 Å². The Hall–Kier alpha value is -2.67. The van der Waals surface area contributed by atoms with Crippen LogP contribution in [0.15, 0.2) is 30.6 Å². The Morgan fingerprint density at radius 3 is 2.55 bits per heavy atom. The molecule has 0 unspecified atom stereocenters. The third-order valence-corrected chi connectivity index (χ3v) is 6.63. The second-order valence-corrected chi connectivity index (χ2v) is 8.36. The zero-order chi connectivity index (χ0) is 20.2. The molecule has 0 spiro atoms. The number of hydrogen-bond donors (Lipinski definition) is 1. The van der Waals surface area contributed by atoms with E-state index in [1.165, 1.54) is 37.0 Å². The first-order valence-electron chi connectivity index (χ1n) is 10.1. The lowest BCUT2D eigenvalue weighted by molar-refractivity contribution is 0.0954. The number of fused-ring (bicyclic) bond motifs is 1. The van der Waals surface area contributed by atoms with Crippen molar-refractivity contribution >= 4 is 33.3 Å². The highest BCUT2D eigenvalue weighted by Crippen LogP contribution is 2.35. The van der Waals surface area contributed by atoms with Crippen molar-refractivity contribution in [2.75, 3.05) is 25.1 Å². The average molecular weight is 411 g/mol. The maximum atomic E-state index is 12.9. The fraction of sp³-hybridized carbons (Fsp3) is 0.409. The van der Waals surface area contributed by atoms with E-state index < -0.39 is 0 Å². The minimum atomic E-state index is -0.0665. The van der Waals surface area contributed by atoms with Crippen LogP contribution in [0.1, 0.15) is 46.5 Å². The Labute approximate surface area is 174 Å². The number of nitrogens with zero attached hydrogens (tertiary/aromatic N) is 3. The minimum Gasteiger partial charge on any atom is -0.497 e. The van der Waals surface area contributed by atoms with Gasteiger partial charge in [-0.25, -0.2) is 9.97 Å². The molecule has 0 atom stereocenters. The quantitative estimate of drug-likeness (QED) is 0.679. The molecule has 1 N–H and O–H groups in total. The molecule has 4 rings (SSSR count). The molecule has 0 radical (unpaired) electrons. The Morgan fingerprint density at radius 1 is 1.14 bits per heavy atom. The van der Waals surface area contributed by atoms with E-state index in [1.807, 2.05) is 31.2 Å². The number of anilines is 1. The van der Waals surface area contributed by atoms with Crippen LogP contribution in [-0.4, -0.2) is 36.1 Å². The highest BCUT2D eigenvalue weighted by molar-refractivity contribution is 7.20. The predicted octanol–water partition coefficient (Wildman–Crippen LogP) is 4.32. The number of thiophene rings is 1. The summed E-state index contributed by atoms with van der Waals surface area (Å²) in [5.74, 6) is 1.71. The predicted molar refractivity (Wildman–Crippen MR) is 117 cm³/mol. The zero-order valence-electron chi connectivity index (χ0n) is 16.9. The molecule has 1 aromatic carbocycles. The van der Waals surface area contributed by atoms with Crippen LogP contribution in [-0.2, 0) is 6.54 Å². The molecule has 1 aliphatic heterocycles. The molecule has 1 saturated heterocycles. The number of carbonyl (C=O) groups excluding carboxylic acids is 1. The van der Waals surface area contributed by atoms with Crippen LogP contribution in [0.2, 0.25) is 0 Å². The van der Waals surface area contributed by atoms with E-state index in [9.17, 15) is 4.79 Å². The Kier molecular flexibility index (Phi) is 5.94. The van der Waals surface area contributed by atoms with Crippen molar-refractivity contribution in [3.63, 3.8) is 0 Å². The van der Waals surface area contributed by atoms with Gasteiger partial charge >= 0.3 is 0 Å². The van der Waals surface area contributed by atoms with Gasteiger partial charge in [-0.05, 0) is 43.0 Å². The van der Waals surface area contributed by atoms with Crippen LogP contribution in [0, 0.1) is 6.92 Å². The lowest BCUT2D eigenvalue weighted by Gasteiger charge is -2.22. The Morgan fingerprint density at radius 2 is 1.86 bits per heavy atom. The van der Waals surface area contributed by atoms with E-state index in [2.05, 4.69) is 20.2 Å². The van der Waals surface area contributed by atoms with Crippen LogP contribution in [0.3, 0.4) is 0 Å². The van der Waals surface area contributed by atoms with E-state index in [4.69, 9.17) is 4.74 Å². The van der Waals surface area contributed by atoms with Crippen LogP contribution in [0.25, 0.3) is 10.2 Å². The van der Waals surface area contributed by atoms with Crippen molar-refractivity contribution < 1.29 is 9.53 Å². The first-order chi connectivity index (χ1) is 14.2. The summed E-state index contributed by atoms with van der Waals surface area (Å²) in [4.78, 5) is 25.9. The normalized spacial score (nSPS) is 14.6. The van der Waals surface area contributed by atoms with Gasteiger partial charge in [-0.15, -0.1) is 11.3 Å². The minimum absolute atomic E-state index is 0.0665. The van der Waals surface area contributed by atoms with Crippen molar-refractivity contribution in [3.8, 4) is 5.75 Å². The summed E-state index contributed by atoms with van der Waals surface area (Å²) >= 11 is 1.45. The molecule has 2 aromatic heterocycles. The number of amides is 1. The number of rotatable bonds is 5. The molecule has 152 valence electrons. The molecule has 1 fully saturated rings. The number of methoxy groups -OCH3 is 1. The molecule has 3 aromatic rings. The number of nitrogens with one attached hydrogen (secondary N) is 1. The smallest absolute Gasteiger partial charge is 0.261 e. The summed E-state index contributed by atoms with van der Waals surface area (Å²) in [6.45, 7) is 4.51. The van der Waals surface area contributed by atoms with Gasteiger partial charge in [-0.2, -0.15) is 0 Å². The van der Waals surface area contributed by atoms with Gasteiger partial charge in [-0.1, -0.05) is 25.0 Å². The molecule has 6 nitrogen and oxygen atoms in total. The number of carbonyl (C=O) groups is 1. The molecule has 7 heteroatoms. The van der Waals surface area contributed by atoms with Crippen molar-refractivity contribution in [2.45, 2.75) is 39.2 Å². The van der Waals surface area contributed by atoms with Crippen LogP contribution in [0.4, 0.5) is 5.82 Å². The monoisotopic (exact) mass is 410 g/mol. The maximum absolute atomic E-state index is 12.9.